The molecule has 2 saturated heterocycles. The number of nitrogens with zero attached hydrogens (tertiary/aromatic N) is 2. The van der Waals surface area contributed by atoms with E-state index in [2.05, 4.69) is 20.5 Å². The van der Waals surface area contributed by atoms with Crippen LogP contribution in [0, 0.1) is 0 Å². The van der Waals surface area contributed by atoms with Crippen LogP contribution in [0.1, 0.15) is 30.4 Å². The molecule has 0 aliphatic carbocycles. The van der Waals surface area contributed by atoms with E-state index >= 15 is 0 Å². The third-order valence-electron chi connectivity index (χ3n) is 5.65. The van der Waals surface area contributed by atoms with Crippen LogP contribution in [0.15, 0.2) is 42.6 Å². The third-order valence-corrected chi connectivity index (χ3v) is 5.65. The lowest BCUT2D eigenvalue weighted by Crippen LogP contribution is -2.38. The number of carbonyl (C=O) groups is 1. The number of pyridine rings is 1. The molecule has 172 valence electrons. The molecule has 0 saturated carbocycles. The van der Waals surface area contributed by atoms with Gasteiger partial charge in [-0.05, 0) is 43.0 Å². The molecule has 1 atom stereocenters. The summed E-state index contributed by atoms with van der Waals surface area (Å²) in [6.07, 6.45) is 5.39. The van der Waals surface area contributed by atoms with Gasteiger partial charge >= 0.3 is 6.03 Å². The molecule has 0 spiro atoms. The highest BCUT2D eigenvalue weighted by Gasteiger charge is 2.16. The molecule has 8 nitrogen and oxygen atoms in total. The average Bonchev–Trinajstić information content (AvgIpc) is 2.84. The fourth-order valence-corrected chi connectivity index (χ4v) is 3.96. The van der Waals surface area contributed by atoms with E-state index in [1.807, 2.05) is 36.4 Å². The molecule has 0 radical (unpaired) electrons. The molecule has 1 aromatic heterocycles. The minimum absolute atomic E-state index is 0.200. The molecule has 2 amide bonds. The Morgan fingerprint density at radius 2 is 2.06 bits per heavy atom. The van der Waals surface area contributed by atoms with Crippen LogP contribution < -0.4 is 15.5 Å². The van der Waals surface area contributed by atoms with E-state index in [4.69, 9.17) is 14.2 Å². The number of hydrogen-bond donors (Lipinski definition) is 2. The van der Waals surface area contributed by atoms with Crippen molar-refractivity contribution in [3.05, 3.63) is 53.7 Å². The zero-order valence-corrected chi connectivity index (χ0v) is 18.4. The highest BCUT2D eigenvalue weighted by Crippen LogP contribution is 2.19. The van der Waals surface area contributed by atoms with Crippen molar-refractivity contribution in [2.45, 2.75) is 38.5 Å². The Balaban J connectivity index is 1.25. The Hall–Kier alpha value is -2.68. The standard InChI is InChI=1S/C24H32N4O4/c29-24(26-16-20-6-4-9-25-23(20)28-10-13-30-14-11-28)27-21-7-3-5-19(15-21)17-31-18-22-8-1-2-12-32-22/h3-7,9,15,22H,1-2,8,10-14,16-18H2,(H2,26,27,29)/t22-/m1/s1. The summed E-state index contributed by atoms with van der Waals surface area (Å²) in [6, 6.07) is 11.3. The molecular formula is C24H32N4O4. The lowest BCUT2D eigenvalue weighted by Gasteiger charge is -2.29. The number of nitrogens with one attached hydrogen (secondary N) is 2. The maximum absolute atomic E-state index is 12.5. The highest BCUT2D eigenvalue weighted by molar-refractivity contribution is 5.89. The second-order valence-corrected chi connectivity index (χ2v) is 8.10. The van der Waals surface area contributed by atoms with Crippen LogP contribution >= 0.6 is 0 Å². The largest absolute Gasteiger partial charge is 0.378 e. The molecule has 2 N–H and O–H groups in total. The van der Waals surface area contributed by atoms with Gasteiger partial charge in [0.1, 0.15) is 5.82 Å². The first kappa shape index (κ1) is 22.5. The minimum Gasteiger partial charge on any atom is -0.378 e. The number of ether oxygens (including phenoxy) is 3. The van der Waals surface area contributed by atoms with Crippen LogP contribution in [0.3, 0.4) is 0 Å². The van der Waals surface area contributed by atoms with E-state index in [1.54, 1.807) is 6.20 Å². The number of aromatic nitrogens is 1. The van der Waals surface area contributed by atoms with Gasteiger partial charge in [-0.1, -0.05) is 18.2 Å². The summed E-state index contributed by atoms with van der Waals surface area (Å²) >= 11 is 0. The van der Waals surface area contributed by atoms with Crippen molar-refractivity contribution in [3.63, 3.8) is 0 Å². The first-order valence-corrected chi connectivity index (χ1v) is 11.4. The first-order valence-electron chi connectivity index (χ1n) is 11.4. The van der Waals surface area contributed by atoms with Crippen molar-refractivity contribution in [3.8, 4) is 0 Å². The number of benzene rings is 1. The SMILES string of the molecule is O=C(NCc1cccnc1N1CCOCC1)Nc1cccc(COC[C@H]2CCCCO2)c1. The van der Waals surface area contributed by atoms with Crippen molar-refractivity contribution < 1.29 is 19.0 Å². The van der Waals surface area contributed by atoms with E-state index in [-0.39, 0.29) is 12.1 Å². The Bertz CT molecular complexity index is 867. The minimum atomic E-state index is -0.254. The zero-order valence-electron chi connectivity index (χ0n) is 18.4. The second-order valence-electron chi connectivity index (χ2n) is 8.10. The van der Waals surface area contributed by atoms with Gasteiger partial charge in [-0.25, -0.2) is 9.78 Å². The molecule has 3 heterocycles. The molecular weight excluding hydrogens is 408 g/mol. The Morgan fingerprint density at radius 1 is 1.16 bits per heavy atom. The van der Waals surface area contributed by atoms with Crippen molar-refractivity contribution in [2.24, 2.45) is 0 Å². The van der Waals surface area contributed by atoms with Gasteiger partial charge in [-0.2, -0.15) is 0 Å². The Morgan fingerprint density at radius 3 is 2.91 bits per heavy atom. The summed E-state index contributed by atoms with van der Waals surface area (Å²) in [5.74, 6) is 0.900. The topological polar surface area (TPSA) is 85.0 Å². The van der Waals surface area contributed by atoms with Gasteiger partial charge in [-0.15, -0.1) is 0 Å². The fourth-order valence-electron chi connectivity index (χ4n) is 3.96. The summed E-state index contributed by atoms with van der Waals surface area (Å²) in [5, 5.41) is 5.84. The van der Waals surface area contributed by atoms with Gasteiger partial charge in [0, 0.05) is 43.7 Å². The molecule has 2 aliphatic heterocycles. The van der Waals surface area contributed by atoms with Gasteiger partial charge < -0.3 is 29.7 Å². The zero-order chi connectivity index (χ0) is 22.0. The van der Waals surface area contributed by atoms with Crippen LogP contribution in [0.25, 0.3) is 0 Å². The number of hydrogen-bond acceptors (Lipinski definition) is 6. The Kier molecular flexibility index (Phi) is 8.30. The molecule has 2 aromatic rings. The number of carbonyl (C=O) groups excluding carboxylic acids is 1. The smallest absolute Gasteiger partial charge is 0.319 e. The maximum atomic E-state index is 12.5. The number of urea groups is 1. The molecule has 0 unspecified atom stereocenters. The summed E-state index contributed by atoms with van der Waals surface area (Å²) in [4.78, 5) is 19.2. The van der Waals surface area contributed by atoms with E-state index in [9.17, 15) is 4.79 Å². The monoisotopic (exact) mass is 440 g/mol. The van der Waals surface area contributed by atoms with E-state index < -0.39 is 0 Å². The second kappa shape index (κ2) is 11.8. The van der Waals surface area contributed by atoms with Gasteiger partial charge in [0.05, 0.1) is 32.5 Å². The van der Waals surface area contributed by atoms with Crippen LogP contribution in [-0.4, -0.2) is 56.6 Å². The van der Waals surface area contributed by atoms with E-state index in [1.165, 1.54) is 6.42 Å². The molecule has 2 fully saturated rings. The normalized spacial score (nSPS) is 18.9. The molecule has 32 heavy (non-hydrogen) atoms. The molecule has 2 aliphatic rings. The van der Waals surface area contributed by atoms with Gasteiger partial charge in [0.25, 0.3) is 0 Å². The molecule has 4 rings (SSSR count). The number of amides is 2. The lowest BCUT2D eigenvalue weighted by atomic mass is 10.1. The van der Waals surface area contributed by atoms with Crippen LogP contribution in [-0.2, 0) is 27.4 Å². The van der Waals surface area contributed by atoms with Crippen LogP contribution in [0.5, 0.6) is 0 Å². The van der Waals surface area contributed by atoms with Crippen molar-refractivity contribution in [2.75, 3.05) is 49.7 Å². The number of rotatable bonds is 8. The van der Waals surface area contributed by atoms with Crippen LogP contribution in [0.4, 0.5) is 16.3 Å². The van der Waals surface area contributed by atoms with E-state index in [0.717, 1.165) is 55.2 Å². The summed E-state index contributed by atoms with van der Waals surface area (Å²) in [5.41, 5.74) is 2.73. The predicted octanol–water partition coefficient (Wildman–Crippen LogP) is 3.33. The predicted molar refractivity (Wildman–Crippen MR) is 123 cm³/mol. The number of morpholine rings is 1. The number of anilines is 2. The average molecular weight is 441 g/mol. The maximum Gasteiger partial charge on any atom is 0.319 e. The molecule has 0 bridgehead atoms. The van der Waals surface area contributed by atoms with Crippen molar-refractivity contribution in [1.82, 2.24) is 10.3 Å². The molecule has 8 heteroatoms. The highest BCUT2D eigenvalue weighted by atomic mass is 16.5. The van der Waals surface area contributed by atoms with Crippen molar-refractivity contribution >= 4 is 17.5 Å². The van der Waals surface area contributed by atoms with Crippen molar-refractivity contribution in [1.29, 1.82) is 0 Å². The third kappa shape index (κ3) is 6.66. The van der Waals surface area contributed by atoms with Gasteiger partial charge in [-0.3, -0.25) is 0 Å². The Labute approximate surface area is 189 Å². The summed E-state index contributed by atoms with van der Waals surface area (Å²) in [6.45, 7) is 5.32. The molecule has 1 aromatic carbocycles. The van der Waals surface area contributed by atoms with Crippen LogP contribution in [0.2, 0.25) is 0 Å². The summed E-state index contributed by atoms with van der Waals surface area (Å²) < 4.78 is 16.9. The van der Waals surface area contributed by atoms with Gasteiger partial charge in [0.15, 0.2) is 0 Å². The lowest BCUT2D eigenvalue weighted by molar-refractivity contribution is -0.0447. The summed E-state index contributed by atoms with van der Waals surface area (Å²) in [7, 11) is 0. The fraction of sp³-hybridized carbons (Fsp3) is 0.500. The first-order chi connectivity index (χ1) is 15.8. The quantitative estimate of drug-likeness (QED) is 0.655. The van der Waals surface area contributed by atoms with Gasteiger partial charge in [0.2, 0.25) is 0 Å². The van der Waals surface area contributed by atoms with E-state index in [0.29, 0.717) is 33.0 Å².